The lowest BCUT2D eigenvalue weighted by Gasteiger charge is -2.23. The smallest absolute Gasteiger partial charge is 0.0732 e. The van der Waals surface area contributed by atoms with E-state index in [-0.39, 0.29) is 6.10 Å². The van der Waals surface area contributed by atoms with Gasteiger partial charge < -0.3 is 5.11 Å². The Labute approximate surface area is 71.8 Å². The van der Waals surface area contributed by atoms with Crippen LogP contribution >= 0.6 is 0 Å². The highest BCUT2D eigenvalue weighted by Crippen LogP contribution is 2.30. The van der Waals surface area contributed by atoms with Crippen LogP contribution in [0.3, 0.4) is 0 Å². The van der Waals surface area contributed by atoms with E-state index in [2.05, 4.69) is 16.3 Å². The molecule has 0 unspecified atom stereocenters. The van der Waals surface area contributed by atoms with E-state index < -0.39 is 0 Å². The summed E-state index contributed by atoms with van der Waals surface area (Å²) >= 11 is 0. The third kappa shape index (κ3) is 1.50. The fourth-order valence-corrected chi connectivity index (χ4v) is 1.80. The molecule has 1 heterocycles. The van der Waals surface area contributed by atoms with Crippen molar-refractivity contribution in [3.05, 3.63) is 18.0 Å². The van der Waals surface area contributed by atoms with Gasteiger partial charge in [0.15, 0.2) is 0 Å². The Morgan fingerprint density at radius 1 is 1.42 bits per heavy atom. The number of aromatic nitrogens is 2. The normalized spacial score (nSPS) is 30.4. The number of hydrogen-bond acceptors (Lipinski definition) is 2. The maximum Gasteiger partial charge on any atom is 0.0732 e. The first kappa shape index (κ1) is 7.80. The Morgan fingerprint density at radius 3 is 2.75 bits per heavy atom. The number of aliphatic hydroxyl groups is 1. The van der Waals surface area contributed by atoms with Gasteiger partial charge in [0.05, 0.1) is 11.8 Å². The molecule has 12 heavy (non-hydrogen) atoms. The van der Waals surface area contributed by atoms with Crippen molar-refractivity contribution in [2.45, 2.75) is 37.7 Å². The van der Waals surface area contributed by atoms with Gasteiger partial charge in [-0.25, -0.2) is 0 Å². The molecule has 1 aromatic rings. The molecule has 65 valence electrons. The molecule has 1 aliphatic carbocycles. The molecule has 1 saturated carbocycles. The molecule has 3 nitrogen and oxygen atoms in total. The molecule has 0 amide bonds. The second-order valence-corrected chi connectivity index (χ2v) is 3.42. The lowest BCUT2D eigenvalue weighted by atomic mass is 9.85. The van der Waals surface area contributed by atoms with E-state index in [4.69, 9.17) is 0 Å². The number of rotatable bonds is 1. The van der Waals surface area contributed by atoms with Gasteiger partial charge >= 0.3 is 0 Å². The highest BCUT2D eigenvalue weighted by molar-refractivity contribution is 5.04. The van der Waals surface area contributed by atoms with Crippen molar-refractivity contribution in [2.24, 2.45) is 0 Å². The van der Waals surface area contributed by atoms with E-state index in [1.54, 1.807) is 6.20 Å². The lowest BCUT2D eigenvalue weighted by molar-refractivity contribution is 0.122. The first-order chi connectivity index (χ1) is 5.86. The maximum absolute atomic E-state index is 9.29. The molecule has 2 rings (SSSR count). The maximum atomic E-state index is 9.29. The summed E-state index contributed by atoms with van der Waals surface area (Å²) in [6.07, 6.45) is 5.56. The highest BCUT2D eigenvalue weighted by Gasteiger charge is 2.21. The van der Waals surface area contributed by atoms with Crippen LogP contribution < -0.4 is 0 Å². The minimum absolute atomic E-state index is 0.0832. The van der Waals surface area contributed by atoms with Crippen LogP contribution in [0.25, 0.3) is 0 Å². The van der Waals surface area contributed by atoms with Crippen LogP contribution in [0.5, 0.6) is 0 Å². The molecule has 1 fully saturated rings. The largest absolute Gasteiger partial charge is 0.393 e. The van der Waals surface area contributed by atoms with E-state index in [0.29, 0.717) is 5.92 Å². The molecule has 1 radical (unpaired) electrons. The van der Waals surface area contributed by atoms with Crippen molar-refractivity contribution < 1.29 is 5.11 Å². The zero-order valence-electron chi connectivity index (χ0n) is 6.95. The van der Waals surface area contributed by atoms with Gasteiger partial charge in [-0.1, -0.05) is 0 Å². The van der Waals surface area contributed by atoms with Crippen molar-refractivity contribution in [3.8, 4) is 0 Å². The minimum Gasteiger partial charge on any atom is -0.393 e. The van der Waals surface area contributed by atoms with Crippen molar-refractivity contribution >= 4 is 0 Å². The zero-order chi connectivity index (χ0) is 8.39. The van der Waals surface area contributed by atoms with Gasteiger partial charge in [-0.2, -0.15) is 5.10 Å². The Bertz CT molecular complexity index is 225. The lowest BCUT2D eigenvalue weighted by Crippen LogP contribution is -2.17. The van der Waals surface area contributed by atoms with Gasteiger partial charge in [-0.15, -0.1) is 0 Å². The topological polar surface area (TPSA) is 48.9 Å². The molecule has 1 aromatic heterocycles. The first-order valence-corrected chi connectivity index (χ1v) is 4.45. The molecule has 0 atom stereocenters. The number of nitrogens with one attached hydrogen (secondary N) is 1. The summed E-state index contributed by atoms with van der Waals surface area (Å²) in [5.74, 6) is 0.514. The molecular weight excluding hydrogens is 152 g/mol. The zero-order valence-corrected chi connectivity index (χ0v) is 6.95. The molecule has 0 saturated heterocycles. The molecule has 0 aliphatic heterocycles. The number of aromatic amines is 1. The monoisotopic (exact) mass is 165 g/mol. The van der Waals surface area contributed by atoms with E-state index in [1.165, 1.54) is 0 Å². The number of nitrogens with zero attached hydrogens (tertiary/aromatic N) is 1. The molecule has 0 aromatic carbocycles. The number of H-pyrrole nitrogens is 1. The Hall–Kier alpha value is -0.830. The van der Waals surface area contributed by atoms with Crippen molar-refractivity contribution in [1.82, 2.24) is 10.2 Å². The fraction of sp³-hybridized carbons (Fsp3) is 0.667. The SMILES string of the molecule is OC1CCC(c2[c]c[nH]n2)CC1. The molecule has 2 N–H and O–H groups in total. The first-order valence-electron chi connectivity index (χ1n) is 4.45. The average Bonchev–Trinajstić information content (AvgIpc) is 2.58. The van der Waals surface area contributed by atoms with Crippen LogP contribution in [-0.4, -0.2) is 21.4 Å². The predicted molar refractivity (Wildman–Crippen MR) is 44.6 cm³/mol. The summed E-state index contributed by atoms with van der Waals surface area (Å²) in [5.41, 5.74) is 1.03. The summed E-state index contributed by atoms with van der Waals surface area (Å²) < 4.78 is 0. The van der Waals surface area contributed by atoms with E-state index in [9.17, 15) is 5.11 Å². The molecular formula is C9H13N2O. The van der Waals surface area contributed by atoms with Crippen molar-refractivity contribution in [2.75, 3.05) is 0 Å². The molecule has 3 heteroatoms. The Morgan fingerprint density at radius 2 is 2.17 bits per heavy atom. The molecule has 0 spiro atoms. The van der Waals surface area contributed by atoms with Crippen molar-refractivity contribution in [1.29, 1.82) is 0 Å². The summed E-state index contributed by atoms with van der Waals surface area (Å²) in [7, 11) is 0. The van der Waals surface area contributed by atoms with Crippen LogP contribution in [0.1, 0.15) is 37.3 Å². The van der Waals surface area contributed by atoms with Crippen LogP contribution in [0, 0.1) is 6.07 Å². The Kier molecular flexibility index (Phi) is 2.13. The third-order valence-corrected chi connectivity index (χ3v) is 2.55. The second-order valence-electron chi connectivity index (χ2n) is 3.42. The van der Waals surface area contributed by atoms with Crippen LogP contribution in [0.2, 0.25) is 0 Å². The summed E-state index contributed by atoms with van der Waals surface area (Å²) in [6.45, 7) is 0. The van der Waals surface area contributed by atoms with Gasteiger partial charge in [0.2, 0.25) is 0 Å². The van der Waals surface area contributed by atoms with E-state index >= 15 is 0 Å². The predicted octanol–water partition coefficient (Wildman–Crippen LogP) is 1.23. The van der Waals surface area contributed by atoms with Gasteiger partial charge in [0.25, 0.3) is 0 Å². The number of aliphatic hydroxyl groups excluding tert-OH is 1. The van der Waals surface area contributed by atoms with E-state index in [0.717, 1.165) is 31.4 Å². The molecule has 1 aliphatic rings. The standard InChI is InChI=1S/C9H13N2O/c12-8-3-1-7(2-4-8)9-5-6-10-11-9/h6-8,12H,1-4H2,(H,10,11). The summed E-state index contributed by atoms with van der Waals surface area (Å²) in [6, 6.07) is 3.07. The van der Waals surface area contributed by atoms with Gasteiger partial charge in [0, 0.05) is 18.2 Å². The quantitative estimate of drug-likeness (QED) is 0.657. The third-order valence-electron chi connectivity index (χ3n) is 2.55. The highest BCUT2D eigenvalue weighted by atomic mass is 16.3. The fourth-order valence-electron chi connectivity index (χ4n) is 1.80. The second kappa shape index (κ2) is 3.27. The van der Waals surface area contributed by atoms with E-state index in [1.807, 2.05) is 0 Å². The average molecular weight is 165 g/mol. The van der Waals surface area contributed by atoms with Crippen LogP contribution in [0.4, 0.5) is 0 Å². The minimum atomic E-state index is -0.0832. The summed E-state index contributed by atoms with van der Waals surface area (Å²) in [4.78, 5) is 0. The Balaban J connectivity index is 1.99. The van der Waals surface area contributed by atoms with Gasteiger partial charge in [-0.05, 0) is 25.7 Å². The summed E-state index contributed by atoms with van der Waals surface area (Å²) in [5, 5.41) is 16.2. The van der Waals surface area contributed by atoms with Crippen LogP contribution in [0.15, 0.2) is 6.20 Å². The van der Waals surface area contributed by atoms with Gasteiger partial charge in [0.1, 0.15) is 0 Å². The number of hydrogen-bond donors (Lipinski definition) is 2. The van der Waals surface area contributed by atoms with Gasteiger partial charge in [-0.3, -0.25) is 5.10 Å². The molecule has 0 bridgehead atoms. The van der Waals surface area contributed by atoms with Crippen molar-refractivity contribution in [3.63, 3.8) is 0 Å². The van der Waals surface area contributed by atoms with Crippen LogP contribution in [-0.2, 0) is 0 Å².